The lowest BCUT2D eigenvalue weighted by Gasteiger charge is -2.37. The Kier molecular flexibility index (Phi) is 2.32. The minimum Gasteiger partial charge on any atom is -0.481 e. The molecule has 0 aromatic rings. The van der Waals surface area contributed by atoms with Gasteiger partial charge < -0.3 is 15.5 Å². The molecule has 1 amide bonds. The second-order valence-electron chi connectivity index (χ2n) is 2.98. The Hall–Kier alpha value is -1.10. The maximum absolute atomic E-state index is 10.8. The van der Waals surface area contributed by atoms with E-state index >= 15 is 0 Å². The molecule has 0 radical (unpaired) electrons. The lowest BCUT2D eigenvalue weighted by Crippen LogP contribution is -2.62. The molecule has 0 saturated carbocycles. The zero-order valence-corrected chi connectivity index (χ0v) is 6.65. The summed E-state index contributed by atoms with van der Waals surface area (Å²) in [6, 6.07) is -0.407. The molecule has 1 heterocycles. The van der Waals surface area contributed by atoms with Crippen LogP contribution in [0, 0.1) is 5.92 Å². The highest BCUT2D eigenvalue weighted by Gasteiger charge is 2.43. The molecule has 3 N–H and O–H groups in total. The van der Waals surface area contributed by atoms with E-state index in [9.17, 15) is 9.59 Å². The maximum Gasteiger partial charge on any atom is 0.305 e. The van der Waals surface area contributed by atoms with Crippen LogP contribution in [-0.4, -0.2) is 34.2 Å². The van der Waals surface area contributed by atoms with Crippen molar-refractivity contribution < 1.29 is 19.8 Å². The summed E-state index contributed by atoms with van der Waals surface area (Å²) < 4.78 is 0. The van der Waals surface area contributed by atoms with E-state index in [0.717, 1.165) is 0 Å². The fourth-order valence-electron chi connectivity index (χ4n) is 1.38. The summed E-state index contributed by atoms with van der Waals surface area (Å²) in [5, 5.41) is 19.9. The predicted molar refractivity (Wildman–Crippen MR) is 39.4 cm³/mol. The second-order valence-corrected chi connectivity index (χ2v) is 2.98. The van der Waals surface area contributed by atoms with Gasteiger partial charge in [0.2, 0.25) is 5.91 Å². The molecule has 1 rings (SSSR count). The van der Waals surface area contributed by atoms with Crippen LogP contribution in [0.5, 0.6) is 0 Å². The smallest absolute Gasteiger partial charge is 0.305 e. The van der Waals surface area contributed by atoms with Crippen LogP contribution in [0.3, 0.4) is 0 Å². The molecule has 0 aliphatic carbocycles. The normalized spacial score (nSPS) is 30.3. The Morgan fingerprint density at radius 2 is 2.33 bits per heavy atom. The minimum atomic E-state index is -0.967. The van der Waals surface area contributed by atoms with E-state index < -0.39 is 24.0 Å². The van der Waals surface area contributed by atoms with Gasteiger partial charge in [0.1, 0.15) is 0 Å². The van der Waals surface area contributed by atoms with E-state index in [1.165, 1.54) is 6.92 Å². The third kappa shape index (κ3) is 1.55. The number of rotatable bonds is 3. The number of carbonyl (C=O) groups is 2. The molecular formula is C7H11NO4. The van der Waals surface area contributed by atoms with Gasteiger partial charge in [-0.15, -0.1) is 0 Å². The summed E-state index contributed by atoms with van der Waals surface area (Å²) in [6.07, 6.45) is -0.899. The Morgan fingerprint density at radius 3 is 2.67 bits per heavy atom. The fourth-order valence-corrected chi connectivity index (χ4v) is 1.38. The third-order valence-corrected chi connectivity index (χ3v) is 1.98. The molecule has 12 heavy (non-hydrogen) atoms. The molecule has 1 fully saturated rings. The Bertz CT molecular complexity index is 213. The first kappa shape index (κ1) is 8.99. The number of aliphatic hydroxyl groups excluding tert-OH is 1. The standard InChI is InChI=1S/C7H11NO4/c1-3(9)6-4(2-5(10)11)8-7(6)12/h3-4,6,9H,2H2,1H3,(H,8,12)(H,10,11). The molecule has 5 heteroatoms. The van der Waals surface area contributed by atoms with Crippen LogP contribution in [0.4, 0.5) is 0 Å². The van der Waals surface area contributed by atoms with Gasteiger partial charge in [0, 0.05) is 0 Å². The average Bonchev–Trinajstić information content (AvgIpc) is 1.82. The highest BCUT2D eigenvalue weighted by atomic mass is 16.4. The van der Waals surface area contributed by atoms with Crippen LogP contribution in [0.25, 0.3) is 0 Å². The first-order chi connectivity index (χ1) is 5.52. The molecular weight excluding hydrogens is 162 g/mol. The van der Waals surface area contributed by atoms with E-state index in [4.69, 9.17) is 10.2 Å². The van der Waals surface area contributed by atoms with Crippen molar-refractivity contribution in [1.82, 2.24) is 5.32 Å². The molecule has 1 aliphatic heterocycles. The van der Waals surface area contributed by atoms with Gasteiger partial charge in [0.05, 0.1) is 24.5 Å². The minimum absolute atomic E-state index is 0.124. The van der Waals surface area contributed by atoms with Crippen molar-refractivity contribution in [1.29, 1.82) is 0 Å². The molecule has 0 spiro atoms. The summed E-state index contributed by atoms with van der Waals surface area (Å²) in [7, 11) is 0. The maximum atomic E-state index is 10.8. The van der Waals surface area contributed by atoms with Crippen molar-refractivity contribution in [3.63, 3.8) is 0 Å². The number of aliphatic hydroxyl groups is 1. The summed E-state index contributed by atoms with van der Waals surface area (Å²) in [6.45, 7) is 1.48. The molecule has 1 aliphatic rings. The zero-order valence-electron chi connectivity index (χ0n) is 6.65. The van der Waals surface area contributed by atoms with E-state index in [0.29, 0.717) is 0 Å². The number of amides is 1. The van der Waals surface area contributed by atoms with Gasteiger partial charge in [-0.1, -0.05) is 0 Å². The Labute approximate surface area is 69.4 Å². The van der Waals surface area contributed by atoms with Crippen LogP contribution in [-0.2, 0) is 9.59 Å². The van der Waals surface area contributed by atoms with Crippen LogP contribution in [0.2, 0.25) is 0 Å². The van der Waals surface area contributed by atoms with Gasteiger partial charge in [-0.05, 0) is 6.92 Å². The number of carboxylic acids is 1. The molecule has 0 aromatic carbocycles. The van der Waals surface area contributed by atoms with Crippen LogP contribution < -0.4 is 5.32 Å². The average molecular weight is 173 g/mol. The summed E-state index contributed by atoms with van der Waals surface area (Å²) in [4.78, 5) is 21.0. The summed E-state index contributed by atoms with van der Waals surface area (Å²) in [5.41, 5.74) is 0. The van der Waals surface area contributed by atoms with Crippen molar-refractivity contribution in [3.05, 3.63) is 0 Å². The number of carboxylic acid groups (broad SMARTS) is 1. The molecule has 3 unspecified atom stereocenters. The molecule has 0 bridgehead atoms. The van der Waals surface area contributed by atoms with E-state index in [2.05, 4.69) is 5.32 Å². The van der Waals surface area contributed by atoms with Gasteiger partial charge in [0.15, 0.2) is 0 Å². The van der Waals surface area contributed by atoms with Crippen LogP contribution >= 0.6 is 0 Å². The van der Waals surface area contributed by atoms with Crippen LogP contribution in [0.15, 0.2) is 0 Å². The van der Waals surface area contributed by atoms with Crippen molar-refractivity contribution in [3.8, 4) is 0 Å². The topological polar surface area (TPSA) is 86.6 Å². The van der Waals surface area contributed by atoms with E-state index in [-0.39, 0.29) is 12.3 Å². The first-order valence-corrected chi connectivity index (χ1v) is 3.72. The lowest BCUT2D eigenvalue weighted by molar-refractivity contribution is -0.146. The highest BCUT2D eigenvalue weighted by molar-refractivity contribution is 5.88. The van der Waals surface area contributed by atoms with Crippen molar-refractivity contribution in [2.45, 2.75) is 25.5 Å². The van der Waals surface area contributed by atoms with E-state index in [1.54, 1.807) is 0 Å². The molecule has 68 valence electrons. The molecule has 3 atom stereocenters. The Balaban J connectivity index is 2.48. The monoisotopic (exact) mass is 173 g/mol. The SMILES string of the molecule is CC(O)C1C(=O)NC1CC(=O)O. The largest absolute Gasteiger partial charge is 0.481 e. The second kappa shape index (κ2) is 3.10. The van der Waals surface area contributed by atoms with E-state index in [1.807, 2.05) is 0 Å². The number of hydrogen-bond donors (Lipinski definition) is 3. The number of nitrogens with one attached hydrogen (secondary N) is 1. The zero-order chi connectivity index (χ0) is 9.30. The summed E-state index contributed by atoms with van der Waals surface area (Å²) >= 11 is 0. The number of aliphatic carboxylic acids is 1. The number of hydrogen-bond acceptors (Lipinski definition) is 3. The molecule has 5 nitrogen and oxygen atoms in total. The van der Waals surface area contributed by atoms with Gasteiger partial charge in [-0.2, -0.15) is 0 Å². The van der Waals surface area contributed by atoms with Crippen molar-refractivity contribution >= 4 is 11.9 Å². The fraction of sp³-hybridized carbons (Fsp3) is 0.714. The Morgan fingerprint density at radius 1 is 1.75 bits per heavy atom. The predicted octanol–water partition coefficient (Wildman–Crippen LogP) is -1.04. The van der Waals surface area contributed by atoms with Gasteiger partial charge in [-0.25, -0.2) is 0 Å². The molecule has 1 saturated heterocycles. The highest BCUT2D eigenvalue weighted by Crippen LogP contribution is 2.21. The lowest BCUT2D eigenvalue weighted by atomic mass is 9.84. The van der Waals surface area contributed by atoms with Gasteiger partial charge in [-0.3, -0.25) is 9.59 Å². The van der Waals surface area contributed by atoms with Crippen molar-refractivity contribution in [2.24, 2.45) is 5.92 Å². The van der Waals surface area contributed by atoms with Gasteiger partial charge in [0.25, 0.3) is 0 Å². The first-order valence-electron chi connectivity index (χ1n) is 3.72. The third-order valence-electron chi connectivity index (χ3n) is 1.98. The van der Waals surface area contributed by atoms with Crippen LogP contribution in [0.1, 0.15) is 13.3 Å². The molecule has 0 aromatic heterocycles. The quantitative estimate of drug-likeness (QED) is 0.475. The summed E-state index contributed by atoms with van der Waals surface area (Å²) in [5.74, 6) is -1.79. The van der Waals surface area contributed by atoms with Gasteiger partial charge >= 0.3 is 5.97 Å². The number of carbonyl (C=O) groups excluding carboxylic acids is 1. The number of β-lactam (4-membered cyclic amide) rings is 1. The van der Waals surface area contributed by atoms with Crippen molar-refractivity contribution in [2.75, 3.05) is 0 Å².